The van der Waals surface area contributed by atoms with Crippen LogP contribution in [0.15, 0.2) is 36.5 Å². The van der Waals surface area contributed by atoms with E-state index in [2.05, 4.69) is 10.3 Å². The topological polar surface area (TPSA) is 102 Å². The molecule has 3 fully saturated rings. The van der Waals surface area contributed by atoms with Gasteiger partial charge < -0.3 is 34.1 Å². The number of nitrogens with one attached hydrogen (secondary N) is 1. The van der Waals surface area contributed by atoms with Crippen molar-refractivity contribution in [3.63, 3.8) is 0 Å². The Kier molecular flexibility index (Phi) is 8.95. The number of hydrogen-bond acceptors (Lipinski definition) is 8. The van der Waals surface area contributed by atoms with Crippen molar-refractivity contribution in [2.24, 2.45) is 11.3 Å². The van der Waals surface area contributed by atoms with Gasteiger partial charge in [0.25, 0.3) is 0 Å². The van der Waals surface area contributed by atoms with E-state index in [4.69, 9.17) is 18.9 Å². The molecule has 1 saturated carbocycles. The lowest BCUT2D eigenvalue weighted by Crippen LogP contribution is -2.52. The van der Waals surface area contributed by atoms with Gasteiger partial charge in [0, 0.05) is 70.3 Å². The summed E-state index contributed by atoms with van der Waals surface area (Å²) in [5.74, 6) is 0.419. The van der Waals surface area contributed by atoms with Crippen molar-refractivity contribution in [2.45, 2.75) is 63.2 Å². The first-order valence-electron chi connectivity index (χ1n) is 15.3. The first-order chi connectivity index (χ1) is 21.6. The highest BCUT2D eigenvalue weighted by molar-refractivity contribution is 5.86. The molecule has 1 N–H and O–H groups in total. The van der Waals surface area contributed by atoms with Crippen molar-refractivity contribution in [2.75, 3.05) is 47.1 Å². The van der Waals surface area contributed by atoms with Crippen molar-refractivity contribution in [1.82, 2.24) is 20.1 Å². The summed E-state index contributed by atoms with van der Waals surface area (Å²) in [6.07, 6.45) is -1.95. The number of likely N-dealkylation sites (tertiary alicyclic amines) is 1. The summed E-state index contributed by atoms with van der Waals surface area (Å²) in [5, 5.41) is 3.71. The molecular weight excluding hydrogens is 593 g/mol. The molecule has 1 aromatic carbocycles. The molecule has 4 heterocycles. The molecule has 1 aliphatic carbocycles. The maximum Gasteiger partial charge on any atom is 0.417 e. The Labute approximate surface area is 260 Å². The fourth-order valence-electron chi connectivity index (χ4n) is 7.43. The summed E-state index contributed by atoms with van der Waals surface area (Å²) in [6.45, 7) is 2.12. The second-order valence-corrected chi connectivity index (χ2v) is 12.5. The van der Waals surface area contributed by atoms with Gasteiger partial charge in [-0.1, -0.05) is 12.1 Å². The number of benzene rings is 1. The van der Waals surface area contributed by atoms with Gasteiger partial charge in [-0.15, -0.1) is 0 Å². The highest BCUT2D eigenvalue weighted by Gasteiger charge is 2.60. The van der Waals surface area contributed by atoms with E-state index in [-0.39, 0.29) is 49.7 Å². The van der Waals surface area contributed by atoms with Gasteiger partial charge in [-0.2, -0.15) is 13.2 Å². The van der Waals surface area contributed by atoms with Gasteiger partial charge in [0.2, 0.25) is 5.91 Å². The zero-order valence-electron chi connectivity index (χ0n) is 25.5. The molecular formula is C32H39F3N4O6. The third-order valence-electron chi connectivity index (χ3n) is 9.79. The highest BCUT2D eigenvalue weighted by Crippen LogP contribution is 2.51. The number of aromatic nitrogens is 1. The Balaban J connectivity index is 1.20. The fraction of sp³-hybridized carbons (Fsp3) is 0.594. The summed E-state index contributed by atoms with van der Waals surface area (Å²) in [7, 11) is 3.24. The van der Waals surface area contributed by atoms with Gasteiger partial charge >= 0.3 is 12.3 Å². The molecule has 4 aliphatic rings. The Morgan fingerprint density at radius 2 is 1.98 bits per heavy atom. The first-order valence-corrected chi connectivity index (χ1v) is 15.3. The molecule has 5 atom stereocenters. The van der Waals surface area contributed by atoms with Crippen molar-refractivity contribution in [3.8, 4) is 5.75 Å². The van der Waals surface area contributed by atoms with E-state index >= 15 is 0 Å². The highest BCUT2D eigenvalue weighted by atomic mass is 19.4. The fourth-order valence-corrected chi connectivity index (χ4v) is 7.43. The molecule has 13 heteroatoms. The number of rotatable bonds is 7. The molecule has 0 bridgehead atoms. The second-order valence-electron chi connectivity index (χ2n) is 12.5. The van der Waals surface area contributed by atoms with Crippen molar-refractivity contribution < 1.29 is 41.7 Å². The molecule has 1 aromatic heterocycles. The number of halogens is 3. The number of methoxy groups -OCH3 is 2. The number of pyridine rings is 1. The summed E-state index contributed by atoms with van der Waals surface area (Å²) in [5.41, 5.74) is 0.0716. The Morgan fingerprint density at radius 1 is 1.18 bits per heavy atom. The number of fused-ring (bicyclic) bond motifs is 2. The zero-order valence-corrected chi connectivity index (χ0v) is 25.5. The molecule has 6 rings (SSSR count). The quantitative estimate of drug-likeness (QED) is 0.492. The number of ether oxygens (including phenoxy) is 4. The van der Waals surface area contributed by atoms with E-state index in [0.717, 1.165) is 24.2 Å². The SMILES string of the molecule is COc1ccc(COC(=O)N2CC3CC(NC4CCOCC4OC)CC3(C(=O)N3CCc4ncc(C(F)(F)F)cc4C3)C2)cc1. The monoisotopic (exact) mass is 632 g/mol. The molecule has 3 aliphatic heterocycles. The molecule has 10 nitrogen and oxygen atoms in total. The van der Waals surface area contributed by atoms with E-state index in [9.17, 15) is 22.8 Å². The Bertz CT molecular complexity index is 1390. The molecule has 5 unspecified atom stereocenters. The van der Waals surface area contributed by atoms with Gasteiger partial charge in [-0.05, 0) is 54.5 Å². The molecule has 0 spiro atoms. The number of nitrogens with zero attached hydrogens (tertiary/aromatic N) is 3. The van der Waals surface area contributed by atoms with Crippen LogP contribution in [0.4, 0.5) is 18.0 Å². The van der Waals surface area contributed by atoms with Crippen molar-refractivity contribution in [3.05, 3.63) is 58.9 Å². The average molecular weight is 633 g/mol. The van der Waals surface area contributed by atoms with Crippen LogP contribution in [0.25, 0.3) is 0 Å². The Hall–Kier alpha value is -3.42. The lowest BCUT2D eigenvalue weighted by Gasteiger charge is -2.37. The Morgan fingerprint density at radius 3 is 2.71 bits per heavy atom. The third kappa shape index (κ3) is 6.48. The number of amides is 2. The number of alkyl halides is 3. The van der Waals surface area contributed by atoms with Crippen LogP contribution >= 0.6 is 0 Å². The van der Waals surface area contributed by atoms with Crippen molar-refractivity contribution in [1.29, 1.82) is 0 Å². The summed E-state index contributed by atoms with van der Waals surface area (Å²) in [6, 6.07) is 8.41. The molecule has 244 valence electrons. The largest absolute Gasteiger partial charge is 0.497 e. The first kappa shape index (κ1) is 31.6. The van der Waals surface area contributed by atoms with Crippen LogP contribution in [0.5, 0.6) is 5.75 Å². The van der Waals surface area contributed by atoms with E-state index in [1.54, 1.807) is 36.2 Å². The van der Waals surface area contributed by atoms with Crippen LogP contribution < -0.4 is 10.1 Å². The minimum atomic E-state index is -4.52. The number of hydrogen-bond donors (Lipinski definition) is 1. The summed E-state index contributed by atoms with van der Waals surface area (Å²) < 4.78 is 62.4. The molecule has 0 radical (unpaired) electrons. The average Bonchev–Trinajstić information content (AvgIpc) is 3.58. The standard InChI is InChI=1S/C32H39F3N4O6/c1-42-25-5-3-20(4-6-25)17-45-30(41)39-16-23-12-24(37-27-8-10-44-18-28(27)43-2)13-31(23,19-39)29(40)38-9-7-26-21(15-38)11-22(14-36-26)32(33,34)35/h3-6,11,14,23-24,27-28,37H,7-10,12-13,15-19H2,1-2H3. The van der Waals surface area contributed by atoms with Crippen LogP contribution in [0.3, 0.4) is 0 Å². The minimum Gasteiger partial charge on any atom is -0.497 e. The normalized spacial score (nSPS) is 28.0. The van der Waals surface area contributed by atoms with Gasteiger partial charge in [-0.25, -0.2) is 4.79 Å². The van der Waals surface area contributed by atoms with Crippen LogP contribution in [0.1, 0.15) is 41.6 Å². The van der Waals surface area contributed by atoms with Gasteiger partial charge in [0.15, 0.2) is 0 Å². The van der Waals surface area contributed by atoms with E-state index in [1.807, 2.05) is 12.1 Å². The predicted molar refractivity (Wildman–Crippen MR) is 155 cm³/mol. The van der Waals surface area contributed by atoms with E-state index in [0.29, 0.717) is 62.6 Å². The molecule has 2 aromatic rings. The lowest BCUT2D eigenvalue weighted by atomic mass is 9.78. The second kappa shape index (κ2) is 12.8. The van der Waals surface area contributed by atoms with Gasteiger partial charge in [0.05, 0.1) is 30.8 Å². The maximum atomic E-state index is 14.5. The predicted octanol–water partition coefficient (Wildman–Crippen LogP) is 3.80. The molecule has 2 amide bonds. The van der Waals surface area contributed by atoms with Gasteiger partial charge in [0.1, 0.15) is 12.4 Å². The van der Waals surface area contributed by atoms with Crippen LogP contribution in [-0.2, 0) is 44.8 Å². The minimum absolute atomic E-state index is 0.00717. The lowest BCUT2D eigenvalue weighted by molar-refractivity contribution is -0.143. The van der Waals surface area contributed by atoms with E-state index in [1.165, 1.54) is 0 Å². The van der Waals surface area contributed by atoms with Crippen LogP contribution in [0, 0.1) is 11.3 Å². The smallest absolute Gasteiger partial charge is 0.417 e. The summed E-state index contributed by atoms with van der Waals surface area (Å²) >= 11 is 0. The van der Waals surface area contributed by atoms with E-state index < -0.39 is 23.2 Å². The van der Waals surface area contributed by atoms with Gasteiger partial charge in [-0.3, -0.25) is 9.78 Å². The van der Waals surface area contributed by atoms with Crippen molar-refractivity contribution >= 4 is 12.0 Å². The zero-order chi connectivity index (χ0) is 31.8. The van der Waals surface area contributed by atoms with Crippen LogP contribution in [-0.4, -0.2) is 92.0 Å². The molecule has 45 heavy (non-hydrogen) atoms. The molecule has 2 saturated heterocycles. The van der Waals surface area contributed by atoms with Crippen LogP contribution in [0.2, 0.25) is 0 Å². The number of carbonyl (C=O) groups is 2. The number of carbonyl (C=O) groups excluding carboxylic acids is 2. The summed E-state index contributed by atoms with van der Waals surface area (Å²) in [4.78, 5) is 35.1. The third-order valence-corrected chi connectivity index (χ3v) is 9.79. The maximum absolute atomic E-state index is 14.5.